The molecule has 29 heavy (non-hydrogen) atoms. The third-order valence-corrected chi connectivity index (χ3v) is 4.66. The number of rotatable bonds is 9. The van der Waals surface area contributed by atoms with Crippen LogP contribution in [0.4, 0.5) is 5.69 Å². The number of Topliss-reactive ketones (excluding diaryl/α,β-unsaturated/α-hetero) is 1. The normalized spacial score (nSPS) is 11.1. The summed E-state index contributed by atoms with van der Waals surface area (Å²) in [6, 6.07) is 9.08. The van der Waals surface area contributed by atoms with Crippen LogP contribution in [0.15, 0.2) is 35.9 Å². The maximum atomic E-state index is 13.2. The van der Waals surface area contributed by atoms with Gasteiger partial charge in [0.2, 0.25) is 5.75 Å². The van der Waals surface area contributed by atoms with Gasteiger partial charge in [-0.3, -0.25) is 4.79 Å². The fourth-order valence-electron chi connectivity index (χ4n) is 3.12. The Labute approximate surface area is 172 Å². The van der Waals surface area contributed by atoms with Gasteiger partial charge in [-0.05, 0) is 42.8 Å². The number of allylic oxidation sites excluding steroid dienone is 1. The summed E-state index contributed by atoms with van der Waals surface area (Å²) in [6.07, 6.45) is 2.41. The third-order valence-electron chi connectivity index (χ3n) is 4.66. The zero-order valence-corrected chi connectivity index (χ0v) is 18.2. The lowest BCUT2D eigenvalue weighted by Gasteiger charge is -2.18. The molecule has 0 aliphatic heterocycles. The molecule has 0 aromatic heterocycles. The number of carbonyl (C=O) groups excluding carboxylic acids is 1. The number of carbonyl (C=O) groups is 1. The van der Waals surface area contributed by atoms with Crippen molar-refractivity contribution in [2.75, 3.05) is 47.4 Å². The van der Waals surface area contributed by atoms with E-state index >= 15 is 0 Å². The van der Waals surface area contributed by atoms with E-state index in [1.165, 1.54) is 0 Å². The Balaban J connectivity index is 2.53. The van der Waals surface area contributed by atoms with Gasteiger partial charge in [-0.1, -0.05) is 6.92 Å². The van der Waals surface area contributed by atoms with E-state index in [2.05, 4.69) is 0 Å². The molecule has 0 saturated heterocycles. The number of nitrogens with zero attached hydrogens (tertiary/aromatic N) is 1. The summed E-state index contributed by atoms with van der Waals surface area (Å²) in [7, 11) is 10.1. The Morgan fingerprint density at radius 3 is 2.03 bits per heavy atom. The molecule has 2 aromatic rings. The van der Waals surface area contributed by atoms with E-state index in [0.29, 0.717) is 34.8 Å². The maximum Gasteiger partial charge on any atom is 0.203 e. The van der Waals surface area contributed by atoms with Crippen molar-refractivity contribution in [1.82, 2.24) is 0 Å². The van der Waals surface area contributed by atoms with Crippen molar-refractivity contribution < 1.29 is 23.7 Å². The molecule has 2 rings (SSSR count). The number of hydrogen-bond donors (Lipinski definition) is 0. The van der Waals surface area contributed by atoms with Crippen LogP contribution < -0.4 is 23.8 Å². The van der Waals surface area contributed by atoms with Crippen LogP contribution in [0.5, 0.6) is 23.0 Å². The van der Waals surface area contributed by atoms with Gasteiger partial charge in [0.15, 0.2) is 17.3 Å². The number of hydrogen-bond acceptors (Lipinski definition) is 6. The van der Waals surface area contributed by atoms with Crippen LogP contribution in [0.2, 0.25) is 0 Å². The standard InChI is InChI=1S/C23H29NO5/c1-8-15(13-17-10-12-20(27-5)23(29-7)22(17)28-6)21(25)16-9-11-19(26-4)18(14-16)24(2)3/h9-14H,8H2,1-7H3/b15-13+. The molecule has 0 fully saturated rings. The van der Waals surface area contributed by atoms with E-state index in [4.69, 9.17) is 18.9 Å². The van der Waals surface area contributed by atoms with E-state index in [0.717, 1.165) is 17.0 Å². The van der Waals surface area contributed by atoms with E-state index in [-0.39, 0.29) is 5.78 Å². The molecule has 0 unspecified atom stereocenters. The average molecular weight is 399 g/mol. The number of benzene rings is 2. The zero-order chi connectivity index (χ0) is 21.6. The van der Waals surface area contributed by atoms with Crippen molar-refractivity contribution in [3.05, 3.63) is 47.0 Å². The Morgan fingerprint density at radius 1 is 0.897 bits per heavy atom. The van der Waals surface area contributed by atoms with Gasteiger partial charge < -0.3 is 23.8 Å². The first-order chi connectivity index (χ1) is 13.9. The summed E-state index contributed by atoms with van der Waals surface area (Å²) in [5.74, 6) is 2.25. The SMILES string of the molecule is CC/C(=C\c1ccc(OC)c(OC)c1OC)C(=O)c1ccc(OC)c(N(C)C)c1. The lowest BCUT2D eigenvalue weighted by molar-refractivity contribution is 0.103. The van der Waals surface area contributed by atoms with Crippen molar-refractivity contribution in [2.24, 2.45) is 0 Å². The number of anilines is 1. The van der Waals surface area contributed by atoms with Gasteiger partial charge in [-0.15, -0.1) is 0 Å². The van der Waals surface area contributed by atoms with Crippen LogP contribution in [-0.4, -0.2) is 48.3 Å². The second-order valence-corrected chi connectivity index (χ2v) is 6.56. The largest absolute Gasteiger partial charge is 0.495 e. The lowest BCUT2D eigenvalue weighted by Crippen LogP contribution is -2.12. The monoisotopic (exact) mass is 399 g/mol. The molecule has 0 heterocycles. The van der Waals surface area contributed by atoms with E-state index in [1.807, 2.05) is 50.2 Å². The molecule has 156 valence electrons. The minimum absolute atomic E-state index is 0.0462. The fraction of sp³-hybridized carbons (Fsp3) is 0.348. The minimum atomic E-state index is -0.0462. The summed E-state index contributed by atoms with van der Waals surface area (Å²) < 4.78 is 21.7. The Bertz CT molecular complexity index is 902. The first-order valence-electron chi connectivity index (χ1n) is 9.31. The Kier molecular flexibility index (Phi) is 7.53. The van der Waals surface area contributed by atoms with Crippen molar-refractivity contribution in [3.8, 4) is 23.0 Å². The highest BCUT2D eigenvalue weighted by Gasteiger charge is 2.18. The minimum Gasteiger partial charge on any atom is -0.495 e. The number of methoxy groups -OCH3 is 4. The quantitative estimate of drug-likeness (QED) is 0.458. The second kappa shape index (κ2) is 9.87. The predicted molar refractivity (Wildman–Crippen MR) is 116 cm³/mol. The molecule has 2 aromatic carbocycles. The highest BCUT2D eigenvalue weighted by Crippen LogP contribution is 2.41. The van der Waals surface area contributed by atoms with Gasteiger partial charge in [-0.25, -0.2) is 0 Å². The van der Waals surface area contributed by atoms with Crippen molar-refractivity contribution in [1.29, 1.82) is 0 Å². The molecule has 0 spiro atoms. The van der Waals surface area contributed by atoms with Crippen LogP contribution in [0.3, 0.4) is 0 Å². The fourth-order valence-corrected chi connectivity index (χ4v) is 3.12. The van der Waals surface area contributed by atoms with Crippen LogP contribution in [0.1, 0.15) is 29.3 Å². The molecule has 0 atom stereocenters. The molecular weight excluding hydrogens is 370 g/mol. The molecule has 0 bridgehead atoms. The highest BCUT2D eigenvalue weighted by molar-refractivity contribution is 6.12. The molecule has 0 N–H and O–H groups in total. The smallest absolute Gasteiger partial charge is 0.203 e. The van der Waals surface area contributed by atoms with Crippen molar-refractivity contribution in [2.45, 2.75) is 13.3 Å². The van der Waals surface area contributed by atoms with Gasteiger partial charge in [0.05, 0.1) is 34.1 Å². The topological polar surface area (TPSA) is 57.2 Å². The predicted octanol–water partition coefficient (Wildman–Crippen LogP) is 4.46. The van der Waals surface area contributed by atoms with E-state index in [1.54, 1.807) is 40.6 Å². The summed E-state index contributed by atoms with van der Waals surface area (Å²) in [5.41, 5.74) is 2.85. The summed E-state index contributed by atoms with van der Waals surface area (Å²) in [5, 5.41) is 0. The summed E-state index contributed by atoms with van der Waals surface area (Å²) in [6.45, 7) is 1.95. The summed E-state index contributed by atoms with van der Waals surface area (Å²) in [4.78, 5) is 15.1. The van der Waals surface area contributed by atoms with Gasteiger partial charge >= 0.3 is 0 Å². The van der Waals surface area contributed by atoms with Gasteiger partial charge in [-0.2, -0.15) is 0 Å². The number of ketones is 1. The molecule has 0 aliphatic rings. The molecular formula is C23H29NO5. The average Bonchev–Trinajstić information content (AvgIpc) is 2.75. The first-order valence-corrected chi connectivity index (χ1v) is 9.31. The molecule has 6 nitrogen and oxygen atoms in total. The van der Waals surface area contributed by atoms with Gasteiger partial charge in [0, 0.05) is 30.8 Å². The second-order valence-electron chi connectivity index (χ2n) is 6.56. The Hall–Kier alpha value is -3.15. The van der Waals surface area contributed by atoms with Crippen LogP contribution in [0.25, 0.3) is 6.08 Å². The summed E-state index contributed by atoms with van der Waals surface area (Å²) >= 11 is 0. The van der Waals surface area contributed by atoms with Gasteiger partial charge in [0.25, 0.3) is 0 Å². The van der Waals surface area contributed by atoms with Crippen LogP contribution in [-0.2, 0) is 0 Å². The molecule has 6 heteroatoms. The van der Waals surface area contributed by atoms with E-state index in [9.17, 15) is 4.79 Å². The van der Waals surface area contributed by atoms with Gasteiger partial charge in [0.1, 0.15) is 5.75 Å². The van der Waals surface area contributed by atoms with E-state index < -0.39 is 0 Å². The highest BCUT2D eigenvalue weighted by atomic mass is 16.5. The van der Waals surface area contributed by atoms with Crippen LogP contribution in [0, 0.1) is 0 Å². The van der Waals surface area contributed by atoms with Crippen molar-refractivity contribution in [3.63, 3.8) is 0 Å². The maximum absolute atomic E-state index is 13.2. The Morgan fingerprint density at radius 2 is 1.52 bits per heavy atom. The zero-order valence-electron chi connectivity index (χ0n) is 18.2. The molecule has 0 radical (unpaired) electrons. The molecule has 0 saturated carbocycles. The first kappa shape index (κ1) is 22.1. The lowest BCUT2D eigenvalue weighted by atomic mass is 9.97. The third kappa shape index (κ3) is 4.65. The van der Waals surface area contributed by atoms with Crippen molar-refractivity contribution >= 4 is 17.5 Å². The molecule has 0 aliphatic carbocycles. The van der Waals surface area contributed by atoms with Crippen LogP contribution >= 0.6 is 0 Å². The molecule has 0 amide bonds. The number of ether oxygens (including phenoxy) is 4.